The molecule has 0 aliphatic heterocycles. The van der Waals surface area contributed by atoms with E-state index in [2.05, 4.69) is 5.43 Å². The maximum Gasteiger partial charge on any atom is 0.179 e. The van der Waals surface area contributed by atoms with E-state index in [1.807, 2.05) is 6.07 Å². The van der Waals surface area contributed by atoms with Crippen LogP contribution in [-0.2, 0) is 9.84 Å². The number of benzene rings is 1. The maximum atomic E-state index is 11.9. The smallest absolute Gasteiger partial charge is 0.179 e. The lowest BCUT2D eigenvalue weighted by atomic mass is 10.2. The van der Waals surface area contributed by atoms with Crippen LogP contribution in [0.5, 0.6) is 0 Å². The molecule has 0 saturated carbocycles. The molecule has 92 valence electrons. The molecule has 0 aliphatic carbocycles. The first kappa shape index (κ1) is 13.6. The van der Waals surface area contributed by atoms with Gasteiger partial charge in [-0.25, -0.2) is 8.42 Å². The molecule has 0 fully saturated rings. The van der Waals surface area contributed by atoms with Crippen molar-refractivity contribution >= 4 is 9.84 Å². The number of rotatable bonds is 5. The van der Waals surface area contributed by atoms with Crippen molar-refractivity contribution in [3.63, 3.8) is 0 Å². The Hall–Kier alpha value is -1.42. The number of hydrogen-bond donors (Lipinski definition) is 1. The van der Waals surface area contributed by atoms with Crippen LogP contribution in [0.1, 0.15) is 5.56 Å². The molecule has 1 aromatic rings. The molecule has 1 aromatic carbocycles. The van der Waals surface area contributed by atoms with Gasteiger partial charge < -0.3 is 0 Å². The number of nitriles is 1. The Morgan fingerprint density at radius 1 is 1.41 bits per heavy atom. The zero-order chi connectivity index (χ0) is 12.9. The fourth-order valence-corrected chi connectivity index (χ4v) is 2.47. The van der Waals surface area contributed by atoms with Crippen molar-refractivity contribution in [1.82, 2.24) is 10.4 Å². The van der Waals surface area contributed by atoms with Gasteiger partial charge in [0.2, 0.25) is 0 Å². The Bertz CT molecular complexity index is 518. The van der Waals surface area contributed by atoms with Crippen LogP contribution in [0.25, 0.3) is 0 Å². The van der Waals surface area contributed by atoms with Crippen molar-refractivity contribution in [2.75, 3.05) is 26.4 Å². The first-order chi connectivity index (χ1) is 7.95. The van der Waals surface area contributed by atoms with Crippen LogP contribution < -0.4 is 5.43 Å². The van der Waals surface area contributed by atoms with Gasteiger partial charge in [-0.2, -0.15) is 5.26 Å². The first-order valence-corrected chi connectivity index (χ1v) is 6.74. The Labute approximate surface area is 102 Å². The second kappa shape index (κ2) is 5.77. The molecule has 1 rings (SSSR count). The van der Waals surface area contributed by atoms with E-state index < -0.39 is 9.84 Å². The fourth-order valence-electron chi connectivity index (χ4n) is 1.28. The molecule has 6 heteroatoms. The van der Waals surface area contributed by atoms with Crippen molar-refractivity contribution in [1.29, 1.82) is 5.26 Å². The third-order valence-electron chi connectivity index (χ3n) is 2.12. The number of nitrogens with one attached hydrogen (secondary N) is 1. The Morgan fingerprint density at radius 3 is 2.71 bits per heavy atom. The van der Waals surface area contributed by atoms with Gasteiger partial charge >= 0.3 is 0 Å². The average molecular weight is 253 g/mol. The molecule has 1 N–H and O–H groups in total. The van der Waals surface area contributed by atoms with E-state index in [0.717, 1.165) is 0 Å². The van der Waals surface area contributed by atoms with Crippen LogP contribution in [0.2, 0.25) is 0 Å². The zero-order valence-electron chi connectivity index (χ0n) is 9.84. The molecule has 5 nitrogen and oxygen atoms in total. The van der Waals surface area contributed by atoms with Gasteiger partial charge in [0.15, 0.2) is 9.84 Å². The van der Waals surface area contributed by atoms with Gasteiger partial charge in [0.25, 0.3) is 0 Å². The predicted molar refractivity (Wildman–Crippen MR) is 64.9 cm³/mol. The second-order valence-electron chi connectivity index (χ2n) is 3.76. The van der Waals surface area contributed by atoms with Crippen molar-refractivity contribution in [2.24, 2.45) is 0 Å². The summed E-state index contributed by atoms with van der Waals surface area (Å²) in [6.45, 7) is 0.339. The summed E-state index contributed by atoms with van der Waals surface area (Å²) < 4.78 is 23.8. The van der Waals surface area contributed by atoms with E-state index in [1.54, 1.807) is 31.2 Å². The molecular weight excluding hydrogens is 238 g/mol. The van der Waals surface area contributed by atoms with Gasteiger partial charge in [0.05, 0.1) is 22.3 Å². The lowest BCUT2D eigenvalue weighted by Gasteiger charge is -2.11. The molecule has 0 aromatic heterocycles. The van der Waals surface area contributed by atoms with E-state index in [1.165, 1.54) is 12.1 Å². The van der Waals surface area contributed by atoms with Gasteiger partial charge in [0.1, 0.15) is 0 Å². The van der Waals surface area contributed by atoms with Gasteiger partial charge in [0, 0.05) is 20.6 Å². The lowest BCUT2D eigenvalue weighted by Crippen LogP contribution is -2.34. The molecule has 0 radical (unpaired) electrons. The summed E-state index contributed by atoms with van der Waals surface area (Å²) in [5.41, 5.74) is 3.24. The summed E-state index contributed by atoms with van der Waals surface area (Å²) in [5.74, 6) is 0.0000614. The molecule has 0 bridgehead atoms. The highest BCUT2D eigenvalue weighted by atomic mass is 32.2. The number of nitrogens with zero attached hydrogens (tertiary/aromatic N) is 2. The third-order valence-corrected chi connectivity index (χ3v) is 3.83. The topological polar surface area (TPSA) is 73.2 Å². The van der Waals surface area contributed by atoms with E-state index in [-0.39, 0.29) is 10.6 Å². The predicted octanol–water partition coefficient (Wildman–Crippen LogP) is 0.398. The van der Waals surface area contributed by atoms with Gasteiger partial charge in [-0.1, -0.05) is 6.07 Å². The Morgan fingerprint density at radius 2 is 2.12 bits per heavy atom. The van der Waals surface area contributed by atoms with E-state index in [9.17, 15) is 8.42 Å². The normalized spacial score (nSPS) is 11.4. The quantitative estimate of drug-likeness (QED) is 0.769. The highest BCUT2D eigenvalue weighted by Gasteiger charge is 2.14. The molecular formula is C11H15N3O2S. The highest BCUT2D eigenvalue weighted by molar-refractivity contribution is 7.91. The summed E-state index contributed by atoms with van der Waals surface area (Å²) in [6, 6.07) is 7.98. The van der Waals surface area contributed by atoms with Crippen molar-refractivity contribution < 1.29 is 8.42 Å². The molecule has 0 spiro atoms. The van der Waals surface area contributed by atoms with Crippen LogP contribution in [-0.4, -0.2) is 39.8 Å². The van der Waals surface area contributed by atoms with Crippen LogP contribution >= 0.6 is 0 Å². The van der Waals surface area contributed by atoms with E-state index in [0.29, 0.717) is 12.1 Å². The lowest BCUT2D eigenvalue weighted by molar-refractivity contribution is 0.299. The third kappa shape index (κ3) is 4.15. The Balaban J connectivity index is 2.79. The second-order valence-corrected chi connectivity index (χ2v) is 5.87. The fraction of sp³-hybridized carbons (Fsp3) is 0.364. The van der Waals surface area contributed by atoms with Crippen LogP contribution in [0.15, 0.2) is 29.2 Å². The standard InChI is InChI=1S/C11H15N3O2S/c1-14(2)13-6-7-17(15,16)11-5-3-4-10(8-11)9-12/h3-5,8,13H,6-7H2,1-2H3. The minimum absolute atomic E-state index is 0.0000614. The molecule has 0 saturated heterocycles. The van der Waals surface area contributed by atoms with E-state index in [4.69, 9.17) is 5.26 Å². The summed E-state index contributed by atoms with van der Waals surface area (Å²) in [6.07, 6.45) is 0. The maximum absolute atomic E-state index is 11.9. The summed E-state index contributed by atoms with van der Waals surface area (Å²) in [5, 5.41) is 10.4. The molecule has 0 amide bonds. The minimum atomic E-state index is -3.33. The summed E-state index contributed by atoms with van der Waals surface area (Å²) in [4.78, 5) is 0.192. The first-order valence-electron chi connectivity index (χ1n) is 5.09. The molecule has 17 heavy (non-hydrogen) atoms. The number of sulfone groups is 1. The van der Waals surface area contributed by atoms with Gasteiger partial charge in [-0.05, 0) is 18.2 Å². The van der Waals surface area contributed by atoms with Crippen LogP contribution in [0, 0.1) is 11.3 Å². The molecule has 0 unspecified atom stereocenters. The van der Waals surface area contributed by atoms with Crippen molar-refractivity contribution in [3.8, 4) is 6.07 Å². The molecule has 0 heterocycles. The highest BCUT2D eigenvalue weighted by Crippen LogP contribution is 2.12. The largest absolute Gasteiger partial charge is 0.255 e. The monoisotopic (exact) mass is 253 g/mol. The van der Waals surface area contributed by atoms with Crippen molar-refractivity contribution in [2.45, 2.75) is 4.90 Å². The summed E-state index contributed by atoms with van der Waals surface area (Å²) >= 11 is 0. The molecule has 0 aliphatic rings. The number of hydrazine groups is 1. The average Bonchev–Trinajstić information content (AvgIpc) is 2.28. The van der Waals surface area contributed by atoms with Crippen molar-refractivity contribution in [3.05, 3.63) is 29.8 Å². The SMILES string of the molecule is CN(C)NCCS(=O)(=O)c1cccc(C#N)c1. The number of hydrogen-bond acceptors (Lipinski definition) is 5. The minimum Gasteiger partial charge on any atom is -0.255 e. The van der Waals surface area contributed by atoms with Crippen LogP contribution in [0.4, 0.5) is 0 Å². The van der Waals surface area contributed by atoms with Crippen LogP contribution in [0.3, 0.4) is 0 Å². The van der Waals surface area contributed by atoms with Gasteiger partial charge in [-0.15, -0.1) is 0 Å². The Kier molecular flexibility index (Phi) is 4.63. The summed E-state index contributed by atoms with van der Waals surface area (Å²) in [7, 11) is 0.260. The van der Waals surface area contributed by atoms with Gasteiger partial charge in [-0.3, -0.25) is 10.4 Å². The zero-order valence-corrected chi connectivity index (χ0v) is 10.7. The molecule has 0 atom stereocenters. The van der Waals surface area contributed by atoms with E-state index >= 15 is 0 Å².